The average molecular weight is 432 g/mol. The number of amides is 1. The zero-order valence-corrected chi connectivity index (χ0v) is 16.7. The lowest BCUT2D eigenvalue weighted by Crippen LogP contribution is -2.39. The number of hydrazone groups is 1. The number of benzene rings is 2. The topological polar surface area (TPSA) is 78.8 Å². The van der Waals surface area contributed by atoms with E-state index in [1.807, 2.05) is 0 Å². The van der Waals surface area contributed by atoms with Crippen molar-refractivity contribution in [3.05, 3.63) is 63.4 Å². The summed E-state index contributed by atoms with van der Waals surface area (Å²) >= 11 is 11.9. The van der Waals surface area contributed by atoms with Crippen LogP contribution in [0.5, 0.6) is 0 Å². The zero-order valence-electron chi connectivity index (χ0n) is 14.4. The third kappa shape index (κ3) is 5.41. The maximum Gasteiger partial charge on any atom is 0.260 e. The molecule has 0 aliphatic heterocycles. The van der Waals surface area contributed by atoms with Gasteiger partial charge in [0.1, 0.15) is 12.4 Å². The number of hydrogen-bond donors (Lipinski definition) is 1. The summed E-state index contributed by atoms with van der Waals surface area (Å²) in [5.41, 5.74) is 2.95. The lowest BCUT2D eigenvalue weighted by Gasteiger charge is -2.23. The first-order valence-corrected chi connectivity index (χ1v) is 10.2. The number of carbonyl (C=O) groups is 1. The van der Waals surface area contributed by atoms with Gasteiger partial charge in [0.2, 0.25) is 10.0 Å². The molecular formula is C17H16Cl2FN3O3S. The molecule has 27 heavy (non-hydrogen) atoms. The number of sulfonamides is 1. The fourth-order valence-corrected chi connectivity index (χ4v) is 3.50. The highest BCUT2D eigenvalue weighted by Gasteiger charge is 2.23. The normalized spacial score (nSPS) is 11.6. The Balaban J connectivity index is 2.18. The van der Waals surface area contributed by atoms with E-state index in [9.17, 15) is 17.6 Å². The SMILES string of the molecule is Cc1c(Cl)cccc1N(CC(=O)N/N=C\c1c(F)cccc1Cl)S(C)(=O)=O. The van der Waals surface area contributed by atoms with Gasteiger partial charge >= 0.3 is 0 Å². The first-order valence-electron chi connectivity index (χ1n) is 7.60. The molecule has 2 aromatic carbocycles. The van der Waals surface area contributed by atoms with E-state index < -0.39 is 28.3 Å². The summed E-state index contributed by atoms with van der Waals surface area (Å²) < 4.78 is 38.8. The number of rotatable bonds is 6. The van der Waals surface area contributed by atoms with Gasteiger partial charge < -0.3 is 0 Å². The molecule has 0 bridgehead atoms. The minimum absolute atomic E-state index is 0.00474. The molecule has 0 saturated carbocycles. The second-order valence-corrected chi connectivity index (χ2v) is 8.30. The van der Waals surface area contributed by atoms with Crippen molar-refractivity contribution in [3.8, 4) is 0 Å². The maximum atomic E-state index is 13.7. The number of nitrogens with zero attached hydrogens (tertiary/aromatic N) is 2. The second kappa shape index (κ2) is 8.69. The Bertz CT molecular complexity index is 977. The van der Waals surface area contributed by atoms with E-state index >= 15 is 0 Å². The molecule has 0 heterocycles. The number of carbonyl (C=O) groups excluding carboxylic acids is 1. The van der Waals surface area contributed by atoms with Crippen molar-refractivity contribution in [1.29, 1.82) is 0 Å². The van der Waals surface area contributed by atoms with Crippen LogP contribution in [0.25, 0.3) is 0 Å². The quantitative estimate of drug-likeness (QED) is 0.562. The maximum absolute atomic E-state index is 13.7. The van der Waals surface area contributed by atoms with Crippen LogP contribution in [0.4, 0.5) is 10.1 Å². The van der Waals surface area contributed by atoms with E-state index in [1.54, 1.807) is 19.1 Å². The standard InChI is InChI=1S/C17H16Cl2FN3O3S/c1-11-13(18)5-4-8-16(11)23(27(2,25)26)10-17(24)22-21-9-12-14(19)6-3-7-15(12)20/h3-9H,10H2,1-2H3,(H,22,24)/b21-9-. The van der Waals surface area contributed by atoms with Crippen molar-refractivity contribution in [1.82, 2.24) is 5.43 Å². The highest BCUT2D eigenvalue weighted by Crippen LogP contribution is 2.28. The minimum Gasteiger partial charge on any atom is -0.271 e. The summed E-state index contributed by atoms with van der Waals surface area (Å²) in [6, 6.07) is 8.84. The van der Waals surface area contributed by atoms with E-state index in [0.717, 1.165) is 16.8 Å². The molecule has 0 fully saturated rings. The first kappa shape index (κ1) is 21.1. The van der Waals surface area contributed by atoms with Crippen molar-refractivity contribution < 1.29 is 17.6 Å². The Kier molecular flexibility index (Phi) is 6.80. The number of anilines is 1. The summed E-state index contributed by atoms with van der Waals surface area (Å²) in [6.07, 6.45) is 2.02. The molecule has 0 aliphatic carbocycles. The summed E-state index contributed by atoms with van der Waals surface area (Å²) in [5.74, 6) is -1.32. The molecule has 0 aliphatic rings. The smallest absolute Gasteiger partial charge is 0.260 e. The third-order valence-electron chi connectivity index (χ3n) is 3.58. The number of hydrogen-bond acceptors (Lipinski definition) is 4. The van der Waals surface area contributed by atoms with Gasteiger partial charge in [-0.25, -0.2) is 18.2 Å². The molecule has 0 aromatic heterocycles. The van der Waals surface area contributed by atoms with Gasteiger partial charge in [-0.15, -0.1) is 0 Å². The molecule has 2 aromatic rings. The van der Waals surface area contributed by atoms with E-state index in [4.69, 9.17) is 23.2 Å². The van der Waals surface area contributed by atoms with E-state index in [0.29, 0.717) is 10.6 Å². The van der Waals surface area contributed by atoms with Crippen molar-refractivity contribution >= 4 is 51.0 Å². The van der Waals surface area contributed by atoms with Gasteiger partial charge in [-0.2, -0.15) is 5.10 Å². The summed E-state index contributed by atoms with van der Waals surface area (Å²) in [4.78, 5) is 12.1. The summed E-state index contributed by atoms with van der Waals surface area (Å²) in [6.45, 7) is 1.12. The molecule has 1 N–H and O–H groups in total. The van der Waals surface area contributed by atoms with Gasteiger partial charge in [0.15, 0.2) is 0 Å². The third-order valence-corrected chi connectivity index (χ3v) is 5.44. The Morgan fingerprint density at radius 1 is 1.22 bits per heavy atom. The first-order chi connectivity index (χ1) is 12.6. The van der Waals surface area contributed by atoms with E-state index in [2.05, 4.69) is 10.5 Å². The molecule has 0 atom stereocenters. The van der Waals surface area contributed by atoms with Crippen molar-refractivity contribution in [2.45, 2.75) is 6.92 Å². The monoisotopic (exact) mass is 431 g/mol. The molecular weight excluding hydrogens is 416 g/mol. The summed E-state index contributed by atoms with van der Waals surface area (Å²) in [5, 5.41) is 4.13. The van der Waals surface area contributed by atoms with Crippen molar-refractivity contribution in [2.24, 2.45) is 5.10 Å². The van der Waals surface area contributed by atoms with Crippen LogP contribution < -0.4 is 9.73 Å². The highest BCUT2D eigenvalue weighted by molar-refractivity contribution is 7.92. The van der Waals surface area contributed by atoms with Crippen LogP contribution in [0.3, 0.4) is 0 Å². The van der Waals surface area contributed by atoms with Gasteiger partial charge in [0, 0.05) is 10.6 Å². The Hall–Kier alpha value is -2.16. The second-order valence-electron chi connectivity index (χ2n) is 5.58. The van der Waals surface area contributed by atoms with Gasteiger partial charge in [-0.3, -0.25) is 9.10 Å². The number of nitrogens with one attached hydrogen (secondary N) is 1. The van der Waals surface area contributed by atoms with Gasteiger partial charge in [-0.1, -0.05) is 35.3 Å². The van der Waals surface area contributed by atoms with Crippen LogP contribution in [0.1, 0.15) is 11.1 Å². The molecule has 0 radical (unpaired) electrons. The highest BCUT2D eigenvalue weighted by atomic mass is 35.5. The number of halogens is 3. The van der Waals surface area contributed by atoms with Crippen molar-refractivity contribution in [2.75, 3.05) is 17.1 Å². The zero-order chi connectivity index (χ0) is 20.2. The molecule has 0 unspecified atom stereocenters. The molecule has 0 spiro atoms. The largest absolute Gasteiger partial charge is 0.271 e. The van der Waals surface area contributed by atoms with Crippen LogP contribution in [-0.4, -0.2) is 33.3 Å². The fraction of sp³-hybridized carbons (Fsp3) is 0.176. The summed E-state index contributed by atoms with van der Waals surface area (Å²) in [7, 11) is -3.76. The van der Waals surface area contributed by atoms with Gasteiger partial charge in [-0.05, 0) is 36.8 Å². The Labute approximate surface area is 166 Å². The molecule has 10 heteroatoms. The molecule has 144 valence electrons. The fourth-order valence-electron chi connectivity index (χ4n) is 2.22. The average Bonchev–Trinajstić information content (AvgIpc) is 2.57. The lowest BCUT2D eigenvalue weighted by atomic mass is 10.2. The van der Waals surface area contributed by atoms with Gasteiger partial charge in [0.05, 0.1) is 23.2 Å². The predicted octanol–water partition coefficient (Wildman–Crippen LogP) is 3.36. The molecule has 0 saturated heterocycles. The molecule has 6 nitrogen and oxygen atoms in total. The Morgan fingerprint density at radius 2 is 1.85 bits per heavy atom. The van der Waals surface area contributed by atoms with Crippen LogP contribution in [0.2, 0.25) is 10.0 Å². The van der Waals surface area contributed by atoms with Crippen LogP contribution >= 0.6 is 23.2 Å². The van der Waals surface area contributed by atoms with E-state index in [-0.39, 0.29) is 16.3 Å². The van der Waals surface area contributed by atoms with E-state index in [1.165, 1.54) is 24.3 Å². The predicted molar refractivity (Wildman–Crippen MR) is 106 cm³/mol. The Morgan fingerprint density at radius 3 is 2.48 bits per heavy atom. The van der Waals surface area contributed by atoms with Crippen LogP contribution in [0.15, 0.2) is 41.5 Å². The molecule has 1 amide bonds. The lowest BCUT2D eigenvalue weighted by molar-refractivity contribution is -0.119. The molecule has 2 rings (SSSR count). The van der Waals surface area contributed by atoms with Crippen LogP contribution in [0, 0.1) is 12.7 Å². The van der Waals surface area contributed by atoms with Gasteiger partial charge in [0.25, 0.3) is 5.91 Å². The van der Waals surface area contributed by atoms with Crippen LogP contribution in [-0.2, 0) is 14.8 Å². The van der Waals surface area contributed by atoms with Crippen molar-refractivity contribution in [3.63, 3.8) is 0 Å². The minimum atomic E-state index is -3.76.